The van der Waals surface area contributed by atoms with E-state index < -0.39 is 10.0 Å². The summed E-state index contributed by atoms with van der Waals surface area (Å²) in [6, 6.07) is 17.6. The van der Waals surface area contributed by atoms with Crippen molar-refractivity contribution < 1.29 is 13.2 Å². The van der Waals surface area contributed by atoms with Crippen molar-refractivity contribution in [3.63, 3.8) is 0 Å². The van der Waals surface area contributed by atoms with Gasteiger partial charge >= 0.3 is 0 Å². The lowest BCUT2D eigenvalue weighted by Gasteiger charge is -2.34. The van der Waals surface area contributed by atoms with Crippen LogP contribution in [0.3, 0.4) is 0 Å². The Morgan fingerprint density at radius 2 is 1.77 bits per heavy atom. The van der Waals surface area contributed by atoms with Crippen molar-refractivity contribution in [2.45, 2.75) is 31.7 Å². The maximum absolute atomic E-state index is 13.2. The minimum Gasteiger partial charge on any atom is -0.321 e. The molecule has 0 saturated carbocycles. The number of benzene rings is 2. The van der Waals surface area contributed by atoms with Gasteiger partial charge in [0, 0.05) is 25.2 Å². The van der Waals surface area contributed by atoms with E-state index in [0.29, 0.717) is 24.9 Å². The molecular formula is C23H27N3O3S. The number of rotatable bonds is 6. The maximum Gasteiger partial charge on any atom is 0.255 e. The highest BCUT2D eigenvalue weighted by Crippen LogP contribution is 2.27. The van der Waals surface area contributed by atoms with Gasteiger partial charge in [-0.3, -0.25) is 4.79 Å². The van der Waals surface area contributed by atoms with Gasteiger partial charge in [-0.05, 0) is 42.0 Å². The third kappa shape index (κ3) is 5.07. The monoisotopic (exact) mass is 425 g/mol. The van der Waals surface area contributed by atoms with Crippen LogP contribution in [-0.4, -0.2) is 43.2 Å². The molecule has 1 saturated heterocycles. The minimum absolute atomic E-state index is 0.0775. The van der Waals surface area contributed by atoms with Crippen LogP contribution in [0.25, 0.3) is 0 Å². The van der Waals surface area contributed by atoms with Crippen LogP contribution < -0.4 is 0 Å². The van der Waals surface area contributed by atoms with E-state index >= 15 is 0 Å². The van der Waals surface area contributed by atoms with Gasteiger partial charge in [0.2, 0.25) is 10.0 Å². The molecule has 0 aliphatic carbocycles. The molecule has 6 nitrogen and oxygen atoms in total. The van der Waals surface area contributed by atoms with Gasteiger partial charge in [0.25, 0.3) is 5.91 Å². The Hall–Kier alpha value is -2.69. The minimum atomic E-state index is -3.68. The topological polar surface area (TPSA) is 81.5 Å². The molecule has 0 radical (unpaired) electrons. The summed E-state index contributed by atoms with van der Waals surface area (Å²) in [7, 11) is -3.68. The Morgan fingerprint density at radius 3 is 2.40 bits per heavy atom. The van der Waals surface area contributed by atoms with Crippen LogP contribution >= 0.6 is 0 Å². The Morgan fingerprint density at radius 1 is 1.10 bits per heavy atom. The predicted molar refractivity (Wildman–Crippen MR) is 115 cm³/mol. The summed E-state index contributed by atoms with van der Waals surface area (Å²) in [5.74, 6) is 0.230. The van der Waals surface area contributed by atoms with Crippen molar-refractivity contribution in [2.75, 3.05) is 19.6 Å². The molecule has 2 atom stereocenters. The largest absolute Gasteiger partial charge is 0.321 e. The van der Waals surface area contributed by atoms with Crippen LogP contribution in [0.2, 0.25) is 0 Å². The van der Waals surface area contributed by atoms with Gasteiger partial charge < -0.3 is 4.90 Å². The number of nitriles is 1. The summed E-state index contributed by atoms with van der Waals surface area (Å²) < 4.78 is 27.9. The van der Waals surface area contributed by atoms with Crippen molar-refractivity contribution in [3.8, 4) is 6.07 Å². The summed E-state index contributed by atoms with van der Waals surface area (Å²) >= 11 is 0. The number of amides is 1. The standard InChI is InChI=1S/C23H27N3O3S/c1-18-13-19(2)16-26(15-18)30(28,29)22-10-6-9-21(14-22)23(27)25(12-11-24)17-20-7-4-3-5-8-20/h3-10,14,18-19H,12-13,15-17H2,1-2H3. The average molecular weight is 426 g/mol. The number of hydrogen-bond acceptors (Lipinski definition) is 4. The number of piperidine rings is 1. The SMILES string of the molecule is CC1CC(C)CN(S(=O)(=O)c2cccc(C(=O)N(CC#N)Cc3ccccc3)c2)C1. The van der Waals surface area contributed by atoms with E-state index in [-0.39, 0.29) is 29.5 Å². The molecule has 158 valence electrons. The number of carbonyl (C=O) groups excluding carboxylic acids is 1. The van der Waals surface area contributed by atoms with Gasteiger partial charge in [0.15, 0.2) is 0 Å². The zero-order valence-electron chi connectivity index (χ0n) is 17.4. The fraction of sp³-hybridized carbons (Fsp3) is 0.391. The molecule has 1 aliphatic heterocycles. The molecule has 7 heteroatoms. The van der Waals surface area contributed by atoms with Gasteiger partial charge in [-0.1, -0.05) is 50.2 Å². The molecule has 1 heterocycles. The van der Waals surface area contributed by atoms with Crippen molar-refractivity contribution in [2.24, 2.45) is 11.8 Å². The highest BCUT2D eigenvalue weighted by molar-refractivity contribution is 7.89. The third-order valence-corrected chi connectivity index (χ3v) is 7.15. The van der Waals surface area contributed by atoms with Crippen molar-refractivity contribution in [1.29, 1.82) is 5.26 Å². The molecule has 1 aliphatic rings. The number of sulfonamides is 1. The van der Waals surface area contributed by atoms with Gasteiger partial charge in [-0.25, -0.2) is 8.42 Å². The molecule has 0 spiro atoms. The quantitative estimate of drug-likeness (QED) is 0.663. The van der Waals surface area contributed by atoms with Crippen LogP contribution in [0, 0.1) is 23.2 Å². The fourth-order valence-electron chi connectivity index (χ4n) is 4.01. The van der Waals surface area contributed by atoms with Gasteiger partial charge in [-0.2, -0.15) is 9.57 Å². The Labute approximate surface area is 178 Å². The summed E-state index contributed by atoms with van der Waals surface area (Å²) in [5, 5.41) is 9.17. The molecule has 0 bridgehead atoms. The molecular weight excluding hydrogens is 398 g/mol. The molecule has 2 aromatic rings. The molecule has 2 aromatic carbocycles. The fourth-order valence-corrected chi connectivity index (χ4v) is 5.74. The van der Waals surface area contributed by atoms with Crippen molar-refractivity contribution in [1.82, 2.24) is 9.21 Å². The Bertz CT molecular complexity index is 1020. The molecule has 2 unspecified atom stereocenters. The number of nitrogens with zero attached hydrogens (tertiary/aromatic N) is 3. The van der Waals surface area contributed by atoms with Crippen molar-refractivity contribution >= 4 is 15.9 Å². The third-order valence-electron chi connectivity index (χ3n) is 5.32. The van der Waals surface area contributed by atoms with E-state index in [2.05, 4.69) is 13.8 Å². The van der Waals surface area contributed by atoms with Crippen LogP contribution in [0.5, 0.6) is 0 Å². The van der Waals surface area contributed by atoms with E-state index in [1.165, 1.54) is 21.3 Å². The molecule has 3 rings (SSSR count). The van der Waals surface area contributed by atoms with Gasteiger partial charge in [0.1, 0.15) is 6.54 Å². The summed E-state index contributed by atoms with van der Waals surface area (Å²) in [5.41, 5.74) is 1.17. The van der Waals surface area contributed by atoms with E-state index in [1.807, 2.05) is 36.4 Å². The number of hydrogen-bond donors (Lipinski definition) is 0. The molecule has 0 aromatic heterocycles. The molecule has 1 amide bonds. The highest BCUT2D eigenvalue weighted by Gasteiger charge is 2.32. The zero-order chi connectivity index (χ0) is 21.7. The summed E-state index contributed by atoms with van der Waals surface area (Å²) in [4.78, 5) is 14.6. The lowest BCUT2D eigenvalue weighted by atomic mass is 9.94. The van der Waals surface area contributed by atoms with Gasteiger partial charge in [0.05, 0.1) is 11.0 Å². The molecule has 0 N–H and O–H groups in total. The first kappa shape index (κ1) is 22.0. The second kappa shape index (κ2) is 9.41. The van der Waals surface area contributed by atoms with Crippen LogP contribution in [0.1, 0.15) is 36.2 Å². The van der Waals surface area contributed by atoms with E-state index in [9.17, 15) is 13.2 Å². The highest BCUT2D eigenvalue weighted by atomic mass is 32.2. The Kier molecular flexibility index (Phi) is 6.91. The predicted octanol–water partition coefficient (Wildman–Crippen LogP) is 3.52. The smallest absolute Gasteiger partial charge is 0.255 e. The van der Waals surface area contributed by atoms with E-state index in [0.717, 1.165) is 12.0 Å². The van der Waals surface area contributed by atoms with Crippen LogP contribution in [0.4, 0.5) is 0 Å². The number of carbonyl (C=O) groups is 1. The summed E-state index contributed by atoms with van der Waals surface area (Å²) in [6.45, 7) is 5.29. The Balaban J connectivity index is 1.86. The first-order chi connectivity index (χ1) is 14.3. The first-order valence-corrected chi connectivity index (χ1v) is 11.6. The summed E-state index contributed by atoms with van der Waals surface area (Å²) in [6.07, 6.45) is 1.01. The van der Waals surface area contributed by atoms with Crippen molar-refractivity contribution in [3.05, 3.63) is 65.7 Å². The van der Waals surface area contributed by atoms with E-state index in [1.54, 1.807) is 12.1 Å². The molecule has 30 heavy (non-hydrogen) atoms. The van der Waals surface area contributed by atoms with Gasteiger partial charge in [-0.15, -0.1) is 0 Å². The second-order valence-corrected chi connectivity index (χ2v) is 10.0. The average Bonchev–Trinajstić information content (AvgIpc) is 2.73. The lowest BCUT2D eigenvalue weighted by molar-refractivity contribution is 0.0764. The first-order valence-electron chi connectivity index (χ1n) is 10.1. The zero-order valence-corrected chi connectivity index (χ0v) is 18.2. The van der Waals surface area contributed by atoms with Crippen LogP contribution in [0.15, 0.2) is 59.5 Å². The maximum atomic E-state index is 13.2. The second-order valence-electron chi connectivity index (χ2n) is 8.10. The van der Waals surface area contributed by atoms with Crippen LogP contribution in [-0.2, 0) is 16.6 Å². The van der Waals surface area contributed by atoms with E-state index in [4.69, 9.17) is 5.26 Å². The normalized spacial score (nSPS) is 19.8. The lowest BCUT2D eigenvalue weighted by Crippen LogP contribution is -2.42. The molecule has 1 fully saturated rings.